The molecule has 1 unspecified atom stereocenters. The highest BCUT2D eigenvalue weighted by molar-refractivity contribution is 6.04. The number of hydrogen-bond acceptors (Lipinski definition) is 4. The number of fused-ring (bicyclic) bond motifs is 3. The zero-order valence-electron chi connectivity index (χ0n) is 17.7. The Morgan fingerprint density at radius 1 is 0.970 bits per heavy atom. The number of esters is 1. The number of nitrogens with zero attached hydrogens (tertiary/aromatic N) is 1. The van der Waals surface area contributed by atoms with E-state index in [1.165, 1.54) is 18.2 Å². The topological polar surface area (TPSA) is 75.7 Å². The van der Waals surface area contributed by atoms with E-state index in [2.05, 4.69) is 5.32 Å². The SMILES string of the molecule is O=C1CC(C(=O)OCC(=O)N2c3ccccc3CCc3ccccc32)c2ccc(F)cc2N1. The lowest BCUT2D eigenvalue weighted by Gasteiger charge is -2.26. The number of rotatable bonds is 3. The Morgan fingerprint density at radius 3 is 2.27 bits per heavy atom. The third-order valence-corrected chi connectivity index (χ3v) is 6.05. The van der Waals surface area contributed by atoms with Gasteiger partial charge in [-0.15, -0.1) is 0 Å². The largest absolute Gasteiger partial charge is 0.455 e. The van der Waals surface area contributed by atoms with E-state index in [1.807, 2.05) is 48.5 Å². The Balaban J connectivity index is 1.39. The summed E-state index contributed by atoms with van der Waals surface area (Å²) in [5, 5.41) is 2.57. The first-order valence-corrected chi connectivity index (χ1v) is 10.8. The molecule has 2 heterocycles. The van der Waals surface area contributed by atoms with Gasteiger partial charge >= 0.3 is 5.97 Å². The van der Waals surface area contributed by atoms with Crippen LogP contribution < -0.4 is 10.2 Å². The minimum Gasteiger partial charge on any atom is -0.455 e. The Morgan fingerprint density at radius 2 is 1.61 bits per heavy atom. The van der Waals surface area contributed by atoms with Crippen LogP contribution in [0, 0.1) is 5.82 Å². The van der Waals surface area contributed by atoms with Crippen LogP contribution in [0.2, 0.25) is 0 Å². The normalized spacial score (nSPS) is 16.6. The average Bonchev–Trinajstić information content (AvgIpc) is 2.98. The van der Waals surface area contributed by atoms with Crippen LogP contribution in [-0.2, 0) is 32.0 Å². The number of carbonyl (C=O) groups excluding carboxylic acids is 3. The molecule has 1 N–H and O–H groups in total. The first kappa shape index (κ1) is 20.9. The zero-order chi connectivity index (χ0) is 22.9. The second kappa shape index (κ2) is 8.50. The Bertz CT molecular complexity index is 1230. The van der Waals surface area contributed by atoms with Gasteiger partial charge in [0.05, 0.1) is 17.3 Å². The molecule has 0 fully saturated rings. The number of anilines is 3. The first-order valence-electron chi connectivity index (χ1n) is 10.8. The first-order chi connectivity index (χ1) is 16.0. The third kappa shape index (κ3) is 3.98. The smallest absolute Gasteiger partial charge is 0.314 e. The maximum atomic E-state index is 13.6. The van der Waals surface area contributed by atoms with Crippen molar-refractivity contribution in [2.75, 3.05) is 16.8 Å². The number of ether oxygens (including phenoxy) is 1. The van der Waals surface area contributed by atoms with Crippen LogP contribution in [0.5, 0.6) is 0 Å². The summed E-state index contributed by atoms with van der Waals surface area (Å²) >= 11 is 0. The lowest BCUT2D eigenvalue weighted by molar-refractivity contribution is -0.150. The summed E-state index contributed by atoms with van der Waals surface area (Å²) in [5.41, 5.74) is 4.32. The number of hydrogen-bond donors (Lipinski definition) is 1. The number of para-hydroxylation sites is 2. The minimum atomic E-state index is -0.897. The molecule has 0 radical (unpaired) electrons. The summed E-state index contributed by atoms with van der Waals surface area (Å²) in [4.78, 5) is 39.8. The molecule has 166 valence electrons. The van der Waals surface area contributed by atoms with Crippen LogP contribution in [0.25, 0.3) is 0 Å². The number of benzene rings is 3. The van der Waals surface area contributed by atoms with Crippen LogP contribution in [0.15, 0.2) is 66.7 Å². The fourth-order valence-electron chi connectivity index (χ4n) is 4.49. The van der Waals surface area contributed by atoms with Gasteiger partial charge in [-0.2, -0.15) is 0 Å². The van der Waals surface area contributed by atoms with Crippen molar-refractivity contribution in [3.05, 3.63) is 89.2 Å². The molecule has 2 aliphatic heterocycles. The lowest BCUT2D eigenvalue weighted by Crippen LogP contribution is -2.34. The highest BCUT2D eigenvalue weighted by atomic mass is 19.1. The van der Waals surface area contributed by atoms with Crippen LogP contribution in [0.4, 0.5) is 21.5 Å². The fourth-order valence-corrected chi connectivity index (χ4v) is 4.49. The monoisotopic (exact) mass is 444 g/mol. The van der Waals surface area contributed by atoms with Crippen molar-refractivity contribution in [2.45, 2.75) is 25.2 Å². The molecule has 0 aliphatic carbocycles. The number of nitrogens with one attached hydrogen (secondary N) is 1. The molecular formula is C26H21FN2O4. The standard InChI is InChI=1S/C26H21FN2O4/c27-18-11-12-19-20(14-24(30)28-21(19)13-18)26(32)33-15-25(31)29-22-7-3-1-5-16(22)9-10-17-6-2-4-8-23(17)29/h1-8,11-13,20H,9-10,14-15H2,(H,28,30). The molecule has 0 saturated heterocycles. The van der Waals surface area contributed by atoms with Crippen molar-refractivity contribution < 1.29 is 23.5 Å². The molecule has 7 heteroatoms. The van der Waals surface area contributed by atoms with Gasteiger partial charge in [0.2, 0.25) is 5.91 Å². The van der Waals surface area contributed by atoms with E-state index in [0.717, 1.165) is 35.3 Å². The Labute approximate surface area is 190 Å². The number of amides is 2. The Kier molecular flexibility index (Phi) is 5.38. The summed E-state index contributed by atoms with van der Waals surface area (Å²) in [7, 11) is 0. The van der Waals surface area contributed by atoms with Gasteiger partial charge in [0, 0.05) is 12.1 Å². The van der Waals surface area contributed by atoms with Crippen LogP contribution in [0.3, 0.4) is 0 Å². The molecular weight excluding hydrogens is 423 g/mol. The van der Waals surface area contributed by atoms with Crippen molar-refractivity contribution in [3.8, 4) is 0 Å². The van der Waals surface area contributed by atoms with Crippen molar-refractivity contribution in [3.63, 3.8) is 0 Å². The summed E-state index contributed by atoms with van der Waals surface area (Å²) in [6.07, 6.45) is 1.46. The number of halogens is 1. The van der Waals surface area contributed by atoms with Gasteiger partial charge in [0.25, 0.3) is 5.91 Å². The second-order valence-corrected chi connectivity index (χ2v) is 8.13. The highest BCUT2D eigenvalue weighted by Crippen LogP contribution is 2.37. The molecule has 6 nitrogen and oxygen atoms in total. The number of aryl methyl sites for hydroxylation is 2. The van der Waals surface area contributed by atoms with Crippen LogP contribution >= 0.6 is 0 Å². The van der Waals surface area contributed by atoms with E-state index < -0.39 is 30.2 Å². The quantitative estimate of drug-likeness (QED) is 0.613. The predicted molar refractivity (Wildman–Crippen MR) is 121 cm³/mol. The summed E-state index contributed by atoms with van der Waals surface area (Å²) in [5.74, 6) is -2.90. The molecule has 2 amide bonds. The van der Waals surface area contributed by atoms with Crippen molar-refractivity contribution in [1.29, 1.82) is 0 Å². The molecule has 1 atom stereocenters. The lowest BCUT2D eigenvalue weighted by atomic mass is 9.90. The summed E-state index contributed by atoms with van der Waals surface area (Å²) in [6.45, 7) is -0.476. The van der Waals surface area contributed by atoms with E-state index >= 15 is 0 Å². The van der Waals surface area contributed by atoms with E-state index in [4.69, 9.17) is 4.74 Å². The van der Waals surface area contributed by atoms with Gasteiger partial charge in [0.15, 0.2) is 6.61 Å². The van der Waals surface area contributed by atoms with Gasteiger partial charge in [-0.05, 0) is 53.8 Å². The van der Waals surface area contributed by atoms with Crippen LogP contribution in [-0.4, -0.2) is 24.4 Å². The van der Waals surface area contributed by atoms with Crippen molar-refractivity contribution in [1.82, 2.24) is 0 Å². The molecule has 3 aromatic carbocycles. The maximum absolute atomic E-state index is 13.6. The van der Waals surface area contributed by atoms with E-state index in [1.54, 1.807) is 4.90 Å². The summed E-state index contributed by atoms with van der Waals surface area (Å²) in [6, 6.07) is 19.2. The van der Waals surface area contributed by atoms with E-state index in [-0.39, 0.29) is 18.0 Å². The van der Waals surface area contributed by atoms with Gasteiger partial charge in [-0.25, -0.2) is 4.39 Å². The van der Waals surface area contributed by atoms with E-state index in [0.29, 0.717) is 5.56 Å². The van der Waals surface area contributed by atoms with Gasteiger partial charge in [-0.3, -0.25) is 19.3 Å². The molecule has 5 rings (SSSR count). The van der Waals surface area contributed by atoms with Gasteiger partial charge < -0.3 is 10.1 Å². The molecule has 0 aromatic heterocycles. The average molecular weight is 444 g/mol. The van der Waals surface area contributed by atoms with Crippen LogP contribution in [0.1, 0.15) is 29.0 Å². The molecule has 0 bridgehead atoms. The van der Waals surface area contributed by atoms with Crippen molar-refractivity contribution >= 4 is 34.8 Å². The predicted octanol–water partition coefficient (Wildman–Crippen LogP) is 4.26. The minimum absolute atomic E-state index is 0.124. The molecule has 33 heavy (non-hydrogen) atoms. The van der Waals surface area contributed by atoms with Gasteiger partial charge in [-0.1, -0.05) is 42.5 Å². The molecule has 0 spiro atoms. The van der Waals surface area contributed by atoms with E-state index in [9.17, 15) is 18.8 Å². The van der Waals surface area contributed by atoms with Gasteiger partial charge in [0.1, 0.15) is 5.82 Å². The fraction of sp³-hybridized carbons (Fsp3) is 0.192. The zero-order valence-corrected chi connectivity index (χ0v) is 17.7. The molecule has 3 aromatic rings. The molecule has 2 aliphatic rings. The number of carbonyl (C=O) groups is 3. The Hall–Kier alpha value is -4.00. The second-order valence-electron chi connectivity index (χ2n) is 8.13. The third-order valence-electron chi connectivity index (χ3n) is 6.05. The van der Waals surface area contributed by atoms with Crippen molar-refractivity contribution in [2.24, 2.45) is 0 Å². The summed E-state index contributed by atoms with van der Waals surface area (Å²) < 4.78 is 19.0. The highest BCUT2D eigenvalue weighted by Gasteiger charge is 2.33. The molecule has 0 saturated carbocycles. The maximum Gasteiger partial charge on any atom is 0.314 e.